The van der Waals surface area contributed by atoms with E-state index in [0.29, 0.717) is 0 Å². The van der Waals surface area contributed by atoms with Crippen molar-refractivity contribution in [2.75, 3.05) is 17.6 Å². The largest absolute Gasteiger partial charge is 0.397 e. The lowest BCUT2D eigenvalue weighted by Gasteiger charge is -2.13. The number of alkyl halides is 2. The summed E-state index contributed by atoms with van der Waals surface area (Å²) in [5.41, 5.74) is 5.83. The molecule has 0 saturated carbocycles. The van der Waals surface area contributed by atoms with Gasteiger partial charge < -0.3 is 16.2 Å². The highest BCUT2D eigenvalue weighted by atomic mass is 79.9. The summed E-state index contributed by atoms with van der Waals surface area (Å²) in [6, 6.07) is 2.38. The Balaban J connectivity index is 2.71. The minimum absolute atomic E-state index is 0.0853. The summed E-state index contributed by atoms with van der Waals surface area (Å²) in [6.07, 6.45) is -4.62. The predicted molar refractivity (Wildman–Crippen MR) is 59.0 cm³/mol. The van der Waals surface area contributed by atoms with Crippen LogP contribution < -0.4 is 11.1 Å². The van der Waals surface area contributed by atoms with Crippen molar-refractivity contribution >= 4 is 27.3 Å². The van der Waals surface area contributed by atoms with E-state index in [2.05, 4.69) is 21.2 Å². The maximum atomic E-state index is 13.0. The Kier molecular flexibility index (Phi) is 4.43. The highest BCUT2D eigenvalue weighted by molar-refractivity contribution is 9.10. The zero-order valence-electron chi connectivity index (χ0n) is 8.05. The number of nitrogen functional groups attached to an aromatic ring is 1. The highest BCUT2D eigenvalue weighted by Crippen LogP contribution is 2.26. The number of rotatable bonds is 4. The molecule has 1 rings (SSSR count). The van der Waals surface area contributed by atoms with Crippen LogP contribution in [0.2, 0.25) is 0 Å². The molecule has 4 N–H and O–H groups in total. The number of hydrogen-bond acceptors (Lipinski definition) is 3. The summed E-state index contributed by atoms with van der Waals surface area (Å²) in [4.78, 5) is 0. The van der Waals surface area contributed by atoms with Crippen molar-refractivity contribution < 1.29 is 18.3 Å². The average molecular weight is 299 g/mol. The predicted octanol–water partition coefficient (Wildman–Crippen LogP) is 2.21. The van der Waals surface area contributed by atoms with E-state index in [4.69, 9.17) is 10.8 Å². The van der Waals surface area contributed by atoms with Crippen LogP contribution in [0.1, 0.15) is 0 Å². The topological polar surface area (TPSA) is 58.3 Å². The van der Waals surface area contributed by atoms with Gasteiger partial charge in [0.25, 0.3) is 6.43 Å². The molecule has 0 aliphatic carbocycles. The first kappa shape index (κ1) is 13.1. The van der Waals surface area contributed by atoms with Gasteiger partial charge in [-0.05, 0) is 22.0 Å². The van der Waals surface area contributed by atoms with Gasteiger partial charge in [0, 0.05) is 12.6 Å². The number of hydrogen-bond donors (Lipinski definition) is 3. The van der Waals surface area contributed by atoms with Crippen molar-refractivity contribution in [3.05, 3.63) is 22.4 Å². The van der Waals surface area contributed by atoms with Crippen LogP contribution in [0.3, 0.4) is 0 Å². The quantitative estimate of drug-likeness (QED) is 0.747. The molecule has 0 aliphatic rings. The number of aliphatic hydroxyl groups excluding tert-OH is 1. The fourth-order valence-electron chi connectivity index (χ4n) is 1.02. The Morgan fingerprint density at radius 3 is 2.62 bits per heavy atom. The van der Waals surface area contributed by atoms with E-state index >= 15 is 0 Å². The molecule has 0 spiro atoms. The van der Waals surface area contributed by atoms with Gasteiger partial charge in [0.2, 0.25) is 0 Å². The lowest BCUT2D eigenvalue weighted by atomic mass is 10.2. The molecule has 0 aromatic heterocycles. The van der Waals surface area contributed by atoms with Gasteiger partial charge in [-0.1, -0.05) is 0 Å². The summed E-state index contributed by atoms with van der Waals surface area (Å²) < 4.78 is 37.1. The lowest BCUT2D eigenvalue weighted by Crippen LogP contribution is -2.27. The number of benzene rings is 1. The van der Waals surface area contributed by atoms with Crippen LogP contribution >= 0.6 is 15.9 Å². The van der Waals surface area contributed by atoms with Crippen molar-refractivity contribution in [1.82, 2.24) is 0 Å². The van der Waals surface area contributed by atoms with Gasteiger partial charge in [-0.25, -0.2) is 13.2 Å². The molecule has 1 unspecified atom stereocenters. The van der Waals surface area contributed by atoms with Crippen LogP contribution in [0, 0.1) is 5.82 Å². The van der Waals surface area contributed by atoms with Gasteiger partial charge in [-0.15, -0.1) is 0 Å². The van der Waals surface area contributed by atoms with E-state index in [0.717, 1.165) is 6.07 Å². The summed E-state index contributed by atoms with van der Waals surface area (Å²) in [7, 11) is 0. The van der Waals surface area contributed by atoms with E-state index < -0.39 is 18.3 Å². The smallest absolute Gasteiger partial charge is 0.265 e. The molecule has 90 valence electrons. The van der Waals surface area contributed by atoms with Gasteiger partial charge in [0.1, 0.15) is 11.9 Å². The summed E-state index contributed by atoms with van der Waals surface area (Å²) in [5.74, 6) is -0.544. The van der Waals surface area contributed by atoms with Gasteiger partial charge in [-0.2, -0.15) is 0 Å². The number of halogens is 4. The number of nitrogens with one attached hydrogen (secondary N) is 1. The van der Waals surface area contributed by atoms with Crippen LogP contribution in [-0.2, 0) is 0 Å². The number of anilines is 2. The minimum Gasteiger partial charge on any atom is -0.397 e. The molecular formula is C9H10BrF3N2O. The summed E-state index contributed by atoms with van der Waals surface area (Å²) >= 11 is 2.93. The van der Waals surface area contributed by atoms with Gasteiger partial charge in [-0.3, -0.25) is 0 Å². The first-order chi connectivity index (χ1) is 7.41. The van der Waals surface area contributed by atoms with E-state index in [1.54, 1.807) is 0 Å². The van der Waals surface area contributed by atoms with Crippen molar-refractivity contribution in [2.24, 2.45) is 0 Å². The van der Waals surface area contributed by atoms with Crippen LogP contribution in [0.15, 0.2) is 16.6 Å². The second-order valence-electron chi connectivity index (χ2n) is 3.14. The fourth-order valence-corrected chi connectivity index (χ4v) is 1.36. The van der Waals surface area contributed by atoms with Crippen LogP contribution in [0.25, 0.3) is 0 Å². The molecule has 0 heterocycles. The van der Waals surface area contributed by atoms with Crippen molar-refractivity contribution in [3.8, 4) is 0 Å². The van der Waals surface area contributed by atoms with E-state index in [1.165, 1.54) is 6.07 Å². The molecule has 16 heavy (non-hydrogen) atoms. The van der Waals surface area contributed by atoms with Crippen molar-refractivity contribution in [2.45, 2.75) is 12.5 Å². The third kappa shape index (κ3) is 3.28. The molecule has 1 atom stereocenters. The Hall–Kier alpha value is -0.950. The Morgan fingerprint density at radius 2 is 2.06 bits per heavy atom. The first-order valence-electron chi connectivity index (χ1n) is 4.36. The average Bonchev–Trinajstić information content (AvgIpc) is 2.20. The molecule has 3 nitrogen and oxygen atoms in total. The maximum Gasteiger partial charge on any atom is 0.265 e. The molecule has 0 aliphatic heterocycles. The van der Waals surface area contributed by atoms with Gasteiger partial charge >= 0.3 is 0 Å². The first-order valence-corrected chi connectivity index (χ1v) is 5.15. The third-order valence-corrected chi connectivity index (χ3v) is 2.49. The fraction of sp³-hybridized carbons (Fsp3) is 0.333. The van der Waals surface area contributed by atoms with Crippen LogP contribution in [0.4, 0.5) is 24.5 Å². The maximum absolute atomic E-state index is 13.0. The molecule has 0 amide bonds. The molecular weight excluding hydrogens is 289 g/mol. The molecule has 0 saturated heterocycles. The SMILES string of the molecule is Nc1cc(F)c(Br)cc1NCC(O)C(F)F. The number of nitrogens with two attached hydrogens (primary N) is 1. The number of aliphatic hydroxyl groups is 1. The van der Waals surface area contributed by atoms with E-state index in [1.807, 2.05) is 0 Å². The summed E-state index contributed by atoms with van der Waals surface area (Å²) in [5, 5.41) is 11.4. The highest BCUT2D eigenvalue weighted by Gasteiger charge is 2.16. The lowest BCUT2D eigenvalue weighted by molar-refractivity contribution is 0.00385. The zero-order chi connectivity index (χ0) is 12.3. The monoisotopic (exact) mass is 298 g/mol. The van der Waals surface area contributed by atoms with E-state index in [9.17, 15) is 13.2 Å². The van der Waals surface area contributed by atoms with Crippen LogP contribution in [0.5, 0.6) is 0 Å². The standard InChI is InChI=1S/C9H10BrF3N2O/c10-4-1-7(6(14)2-5(4)11)15-3-8(16)9(12)13/h1-2,8-9,15-16H,3,14H2. The third-order valence-electron chi connectivity index (χ3n) is 1.88. The Morgan fingerprint density at radius 1 is 1.44 bits per heavy atom. The second kappa shape index (κ2) is 5.40. The van der Waals surface area contributed by atoms with Gasteiger partial charge in [0.15, 0.2) is 0 Å². The van der Waals surface area contributed by atoms with E-state index in [-0.39, 0.29) is 22.4 Å². The molecule has 1 aromatic carbocycles. The normalized spacial score (nSPS) is 12.9. The molecule has 7 heteroatoms. The molecule has 0 radical (unpaired) electrons. The Labute approximate surface area is 98.6 Å². The molecule has 1 aromatic rings. The minimum atomic E-state index is -2.84. The molecule has 0 fully saturated rings. The molecule has 0 bridgehead atoms. The second-order valence-corrected chi connectivity index (χ2v) is 3.99. The van der Waals surface area contributed by atoms with Crippen molar-refractivity contribution in [3.63, 3.8) is 0 Å². The Bertz CT molecular complexity index is 376. The zero-order valence-corrected chi connectivity index (χ0v) is 9.64. The summed E-state index contributed by atoms with van der Waals surface area (Å²) in [6.45, 7) is -0.361. The van der Waals surface area contributed by atoms with Crippen LogP contribution in [-0.4, -0.2) is 24.2 Å². The van der Waals surface area contributed by atoms with Crippen molar-refractivity contribution in [1.29, 1.82) is 0 Å². The van der Waals surface area contributed by atoms with Gasteiger partial charge in [0.05, 0.1) is 15.8 Å².